The van der Waals surface area contributed by atoms with E-state index in [0.717, 1.165) is 24.5 Å². The smallest absolute Gasteiger partial charge is 0.409 e. The summed E-state index contributed by atoms with van der Waals surface area (Å²) in [6, 6.07) is 7.93. The number of carbonyl (C=O) groups is 2. The maximum atomic E-state index is 12.3. The van der Waals surface area contributed by atoms with E-state index >= 15 is 0 Å². The Kier molecular flexibility index (Phi) is 7.72. The van der Waals surface area contributed by atoms with Crippen molar-refractivity contribution in [2.75, 3.05) is 62.6 Å². The number of ether oxygens (including phenoxy) is 1. The molecule has 1 aromatic rings. The molecule has 1 aliphatic heterocycles. The van der Waals surface area contributed by atoms with Crippen molar-refractivity contribution in [3.63, 3.8) is 0 Å². The Labute approximate surface area is 155 Å². The topological polar surface area (TPSA) is 65.1 Å². The van der Waals surface area contributed by atoms with Gasteiger partial charge in [0.25, 0.3) is 0 Å². The van der Waals surface area contributed by atoms with Gasteiger partial charge in [0.2, 0.25) is 5.91 Å². The molecule has 0 aliphatic carbocycles. The van der Waals surface area contributed by atoms with E-state index in [1.165, 1.54) is 0 Å². The quantitative estimate of drug-likeness (QED) is 0.806. The molecule has 2 rings (SSSR count). The van der Waals surface area contributed by atoms with Gasteiger partial charge in [0, 0.05) is 50.6 Å². The zero-order valence-corrected chi connectivity index (χ0v) is 16.0. The Morgan fingerprint density at radius 3 is 2.19 bits per heavy atom. The van der Waals surface area contributed by atoms with Crippen LogP contribution in [0.2, 0.25) is 0 Å². The molecule has 0 spiro atoms. The van der Waals surface area contributed by atoms with Crippen molar-refractivity contribution in [3.8, 4) is 0 Å². The lowest BCUT2D eigenvalue weighted by Crippen LogP contribution is -2.50. The molecule has 26 heavy (non-hydrogen) atoms. The van der Waals surface area contributed by atoms with Gasteiger partial charge in [-0.15, -0.1) is 0 Å². The molecule has 0 atom stereocenters. The van der Waals surface area contributed by atoms with Crippen molar-refractivity contribution >= 4 is 23.4 Å². The molecule has 7 heteroatoms. The van der Waals surface area contributed by atoms with Crippen LogP contribution in [0.5, 0.6) is 0 Å². The molecule has 0 bridgehead atoms. The summed E-state index contributed by atoms with van der Waals surface area (Å²) in [5.41, 5.74) is 1.96. The molecule has 144 valence electrons. The van der Waals surface area contributed by atoms with Gasteiger partial charge in [0.1, 0.15) is 0 Å². The highest BCUT2D eigenvalue weighted by atomic mass is 16.6. The zero-order valence-electron chi connectivity index (χ0n) is 16.0. The van der Waals surface area contributed by atoms with Gasteiger partial charge >= 0.3 is 6.09 Å². The minimum absolute atomic E-state index is 0.0369. The number of hydrogen-bond donors (Lipinski definition) is 1. The number of piperazine rings is 1. The third kappa shape index (κ3) is 5.62. The summed E-state index contributed by atoms with van der Waals surface area (Å²) in [5, 5.41) is 2.94. The van der Waals surface area contributed by atoms with Crippen LogP contribution in [-0.2, 0) is 9.53 Å². The first kappa shape index (κ1) is 20.0. The van der Waals surface area contributed by atoms with Crippen LogP contribution < -0.4 is 10.2 Å². The summed E-state index contributed by atoms with van der Waals surface area (Å²) in [7, 11) is 0. The van der Waals surface area contributed by atoms with Crippen LogP contribution in [-0.4, -0.2) is 74.2 Å². The molecule has 0 unspecified atom stereocenters. The lowest BCUT2D eigenvalue weighted by Gasteiger charge is -2.33. The van der Waals surface area contributed by atoms with Gasteiger partial charge in [-0.05, 0) is 45.0 Å². The molecule has 7 nitrogen and oxygen atoms in total. The molecule has 1 fully saturated rings. The fraction of sp³-hybridized carbons (Fsp3) is 0.579. The Morgan fingerprint density at radius 2 is 1.65 bits per heavy atom. The zero-order chi connectivity index (χ0) is 18.9. The summed E-state index contributed by atoms with van der Waals surface area (Å²) in [4.78, 5) is 29.9. The fourth-order valence-electron chi connectivity index (χ4n) is 3.05. The molecule has 1 aliphatic rings. The van der Waals surface area contributed by atoms with Crippen molar-refractivity contribution in [2.24, 2.45) is 0 Å². The first-order valence-corrected chi connectivity index (χ1v) is 9.36. The predicted octanol–water partition coefficient (Wildman–Crippen LogP) is 2.25. The van der Waals surface area contributed by atoms with Crippen molar-refractivity contribution in [1.29, 1.82) is 0 Å². The van der Waals surface area contributed by atoms with Crippen molar-refractivity contribution < 1.29 is 14.3 Å². The Bertz CT molecular complexity index is 579. The molecule has 0 saturated carbocycles. The molecule has 0 radical (unpaired) electrons. The first-order chi connectivity index (χ1) is 12.6. The third-order valence-electron chi connectivity index (χ3n) is 4.55. The van der Waals surface area contributed by atoms with E-state index in [1.54, 1.807) is 11.8 Å². The van der Waals surface area contributed by atoms with Gasteiger partial charge in [-0.1, -0.05) is 0 Å². The number of carbonyl (C=O) groups excluding carboxylic acids is 2. The molecule has 2 amide bonds. The highest BCUT2D eigenvalue weighted by Gasteiger charge is 2.23. The molecule has 1 saturated heterocycles. The number of anilines is 2. The first-order valence-electron chi connectivity index (χ1n) is 9.36. The average Bonchev–Trinajstić information content (AvgIpc) is 2.65. The van der Waals surface area contributed by atoms with Crippen molar-refractivity contribution in [2.45, 2.75) is 20.8 Å². The van der Waals surface area contributed by atoms with Crippen LogP contribution >= 0.6 is 0 Å². The van der Waals surface area contributed by atoms with Crippen LogP contribution in [0.15, 0.2) is 24.3 Å². The van der Waals surface area contributed by atoms with E-state index in [1.807, 2.05) is 24.3 Å². The van der Waals surface area contributed by atoms with E-state index in [4.69, 9.17) is 4.74 Å². The number of hydrogen-bond acceptors (Lipinski definition) is 5. The average molecular weight is 362 g/mol. The number of rotatable bonds is 7. The highest BCUT2D eigenvalue weighted by Crippen LogP contribution is 2.17. The van der Waals surface area contributed by atoms with Gasteiger partial charge < -0.3 is 19.9 Å². The molecule has 1 heterocycles. The van der Waals surface area contributed by atoms with Crippen LogP contribution in [0.4, 0.5) is 16.2 Å². The van der Waals surface area contributed by atoms with Crippen LogP contribution in [0.25, 0.3) is 0 Å². The Morgan fingerprint density at radius 1 is 1.04 bits per heavy atom. The van der Waals surface area contributed by atoms with E-state index < -0.39 is 0 Å². The normalized spacial score (nSPS) is 14.8. The van der Waals surface area contributed by atoms with Crippen LogP contribution in [0, 0.1) is 0 Å². The number of benzene rings is 1. The second-order valence-electron chi connectivity index (χ2n) is 6.23. The maximum Gasteiger partial charge on any atom is 0.409 e. The predicted molar refractivity (Wildman–Crippen MR) is 104 cm³/mol. The van der Waals surface area contributed by atoms with Crippen molar-refractivity contribution in [3.05, 3.63) is 24.3 Å². The number of nitrogens with zero attached hydrogens (tertiary/aromatic N) is 3. The fourth-order valence-corrected chi connectivity index (χ4v) is 3.05. The van der Waals surface area contributed by atoms with E-state index in [2.05, 4.69) is 29.0 Å². The molecular weight excluding hydrogens is 332 g/mol. The lowest BCUT2D eigenvalue weighted by molar-refractivity contribution is -0.117. The summed E-state index contributed by atoms with van der Waals surface area (Å²) in [6.45, 7) is 11.2. The molecular formula is C19H30N4O3. The number of amides is 2. The highest BCUT2D eigenvalue weighted by molar-refractivity contribution is 5.92. The number of nitrogens with one attached hydrogen (secondary N) is 1. The van der Waals surface area contributed by atoms with Gasteiger partial charge in [-0.2, -0.15) is 0 Å². The van der Waals surface area contributed by atoms with Crippen molar-refractivity contribution in [1.82, 2.24) is 9.80 Å². The van der Waals surface area contributed by atoms with Gasteiger partial charge in [-0.25, -0.2) is 4.79 Å². The third-order valence-corrected chi connectivity index (χ3v) is 4.55. The lowest BCUT2D eigenvalue weighted by atomic mass is 10.2. The summed E-state index contributed by atoms with van der Waals surface area (Å²) < 4.78 is 5.01. The van der Waals surface area contributed by atoms with Gasteiger partial charge in [0.15, 0.2) is 0 Å². The minimum atomic E-state index is -0.273. The van der Waals surface area contributed by atoms with Gasteiger partial charge in [-0.3, -0.25) is 9.69 Å². The molecule has 1 aromatic carbocycles. The minimum Gasteiger partial charge on any atom is -0.450 e. The standard InChI is InChI=1S/C19H30N4O3/c1-4-22(5-2)17-9-7-16(8-10-17)20-18(24)15-21-11-13-23(14-12-21)19(25)26-6-3/h7-10H,4-6,11-15H2,1-3H3,(H,20,24). The summed E-state index contributed by atoms with van der Waals surface area (Å²) in [5.74, 6) is -0.0369. The largest absolute Gasteiger partial charge is 0.450 e. The molecule has 1 N–H and O–H groups in total. The maximum absolute atomic E-state index is 12.3. The van der Waals surface area contributed by atoms with E-state index in [-0.39, 0.29) is 12.0 Å². The molecule has 0 aromatic heterocycles. The van der Waals surface area contributed by atoms with Crippen LogP contribution in [0.1, 0.15) is 20.8 Å². The Hall–Kier alpha value is -2.28. The second-order valence-corrected chi connectivity index (χ2v) is 6.23. The SMILES string of the molecule is CCOC(=O)N1CCN(CC(=O)Nc2ccc(N(CC)CC)cc2)CC1. The van der Waals surface area contributed by atoms with E-state index in [9.17, 15) is 9.59 Å². The summed E-state index contributed by atoms with van der Waals surface area (Å²) in [6.07, 6.45) is -0.273. The van der Waals surface area contributed by atoms with Crippen LogP contribution in [0.3, 0.4) is 0 Å². The Balaban J connectivity index is 1.78. The van der Waals surface area contributed by atoms with E-state index in [0.29, 0.717) is 39.3 Å². The monoisotopic (exact) mass is 362 g/mol. The second kappa shape index (κ2) is 10.0. The van der Waals surface area contributed by atoms with Gasteiger partial charge in [0.05, 0.1) is 13.2 Å². The summed E-state index contributed by atoms with van der Waals surface area (Å²) >= 11 is 0.